The van der Waals surface area contributed by atoms with E-state index in [1.165, 1.54) is 59.8 Å². The normalized spacial score (nSPS) is 12.1. The van der Waals surface area contributed by atoms with Gasteiger partial charge in [-0.25, -0.2) is 0 Å². The van der Waals surface area contributed by atoms with E-state index in [-0.39, 0.29) is 0 Å². The van der Waals surface area contributed by atoms with Gasteiger partial charge in [0.15, 0.2) is 0 Å². The molecule has 2 heterocycles. The third kappa shape index (κ3) is 3.20. The van der Waals surface area contributed by atoms with Crippen LogP contribution in [0.15, 0.2) is 155 Å². The van der Waals surface area contributed by atoms with E-state index >= 15 is 0 Å². The van der Waals surface area contributed by atoms with Crippen molar-refractivity contribution in [3.8, 4) is 22.3 Å². The first-order valence-electron chi connectivity index (χ1n) is 15.0. The van der Waals surface area contributed by atoms with Gasteiger partial charge in [-0.1, -0.05) is 115 Å². The Balaban J connectivity index is 1.34. The minimum atomic E-state index is 0.858. The fraction of sp³-hybridized carbons (Fsp3) is 0. The van der Waals surface area contributed by atoms with Crippen molar-refractivity contribution < 1.29 is 8.83 Å². The van der Waals surface area contributed by atoms with Crippen molar-refractivity contribution >= 4 is 76.0 Å². The summed E-state index contributed by atoms with van der Waals surface area (Å²) in [4.78, 5) is 0. The Morgan fingerprint density at radius 3 is 1.55 bits per heavy atom. The van der Waals surface area contributed by atoms with Gasteiger partial charge in [0.25, 0.3) is 0 Å². The summed E-state index contributed by atoms with van der Waals surface area (Å²) in [5.74, 6) is 0. The highest BCUT2D eigenvalue weighted by molar-refractivity contribution is 6.27. The lowest BCUT2D eigenvalue weighted by atomic mass is 9.84. The number of furan rings is 2. The minimum Gasteiger partial charge on any atom is -0.464 e. The second kappa shape index (κ2) is 8.82. The van der Waals surface area contributed by atoms with E-state index in [1.54, 1.807) is 0 Å². The summed E-state index contributed by atoms with van der Waals surface area (Å²) in [5, 5.41) is 13.1. The topological polar surface area (TPSA) is 26.3 Å². The SMILES string of the molecule is c1ccc2c(c1)cc(-c1c3ccccc3c(-c3coc4cc5c(cc34)oc3ccccc35)c3ccccc13)c1ccccc12. The first kappa shape index (κ1) is 23.7. The summed E-state index contributed by atoms with van der Waals surface area (Å²) in [6.45, 7) is 0. The van der Waals surface area contributed by atoms with Crippen LogP contribution in [0.25, 0.3) is 98.3 Å². The third-order valence-electron chi connectivity index (χ3n) is 9.31. The van der Waals surface area contributed by atoms with Gasteiger partial charge < -0.3 is 8.83 Å². The first-order valence-corrected chi connectivity index (χ1v) is 15.0. The maximum atomic E-state index is 6.31. The average molecular weight is 561 g/mol. The molecule has 0 aliphatic carbocycles. The number of fused-ring (bicyclic) bond motifs is 9. The molecule has 8 aromatic carbocycles. The molecule has 2 nitrogen and oxygen atoms in total. The maximum Gasteiger partial charge on any atom is 0.136 e. The lowest BCUT2D eigenvalue weighted by molar-refractivity contribution is 0.617. The molecule has 0 radical (unpaired) electrons. The molecule has 2 aromatic heterocycles. The van der Waals surface area contributed by atoms with Crippen LogP contribution in [0.4, 0.5) is 0 Å². The highest BCUT2D eigenvalue weighted by Gasteiger charge is 2.22. The van der Waals surface area contributed by atoms with Gasteiger partial charge in [0.1, 0.15) is 16.7 Å². The van der Waals surface area contributed by atoms with Crippen molar-refractivity contribution in [1.82, 2.24) is 0 Å². The highest BCUT2D eigenvalue weighted by Crippen LogP contribution is 2.48. The largest absolute Gasteiger partial charge is 0.464 e. The Morgan fingerprint density at radius 1 is 0.318 bits per heavy atom. The molecule has 204 valence electrons. The summed E-state index contributed by atoms with van der Waals surface area (Å²) in [7, 11) is 0. The van der Waals surface area contributed by atoms with E-state index in [2.05, 4.69) is 121 Å². The molecular formula is C42H24O2. The average Bonchev–Trinajstić information content (AvgIpc) is 3.66. The zero-order valence-corrected chi connectivity index (χ0v) is 23.7. The van der Waals surface area contributed by atoms with Crippen LogP contribution in [0.5, 0.6) is 0 Å². The third-order valence-corrected chi connectivity index (χ3v) is 9.31. The fourth-order valence-corrected chi connectivity index (χ4v) is 7.41. The van der Waals surface area contributed by atoms with Crippen molar-refractivity contribution in [2.75, 3.05) is 0 Å². The van der Waals surface area contributed by atoms with Crippen LogP contribution >= 0.6 is 0 Å². The molecule has 10 aromatic rings. The first-order chi connectivity index (χ1) is 21.8. The van der Waals surface area contributed by atoms with Crippen molar-refractivity contribution in [2.45, 2.75) is 0 Å². The number of hydrogen-bond donors (Lipinski definition) is 0. The Kier molecular flexibility index (Phi) is 4.75. The van der Waals surface area contributed by atoms with Gasteiger partial charge >= 0.3 is 0 Å². The molecule has 0 spiro atoms. The monoisotopic (exact) mass is 560 g/mol. The van der Waals surface area contributed by atoms with Crippen LogP contribution in [0.1, 0.15) is 0 Å². The number of rotatable bonds is 2. The zero-order chi connectivity index (χ0) is 28.8. The van der Waals surface area contributed by atoms with Crippen molar-refractivity contribution in [1.29, 1.82) is 0 Å². The summed E-state index contributed by atoms with van der Waals surface area (Å²) in [6.07, 6.45) is 1.92. The standard InChI is InChI=1S/C42H24O2/c1-2-12-26-25(11-1)21-36(28-14-4-3-13-27(26)28)41-30-16-5-7-18-32(30)42(33-19-8-6-17-31(33)41)37-24-43-39-22-34-29-15-9-10-20-38(29)44-40(34)23-35(37)39/h1-24H. The van der Waals surface area contributed by atoms with Gasteiger partial charge in [-0.2, -0.15) is 0 Å². The van der Waals surface area contributed by atoms with E-state index in [1.807, 2.05) is 24.5 Å². The molecule has 0 amide bonds. The summed E-state index contributed by atoms with van der Waals surface area (Å²) in [5.41, 5.74) is 7.38. The molecule has 0 bridgehead atoms. The predicted octanol–water partition coefficient (Wildman–Crippen LogP) is 12.3. The van der Waals surface area contributed by atoms with Crippen LogP contribution in [0.3, 0.4) is 0 Å². The molecule has 0 saturated heterocycles. The van der Waals surface area contributed by atoms with Crippen LogP contribution in [0.2, 0.25) is 0 Å². The Bertz CT molecular complexity index is 2720. The van der Waals surface area contributed by atoms with Crippen LogP contribution < -0.4 is 0 Å². The number of benzene rings is 8. The molecule has 0 unspecified atom stereocenters. The fourth-order valence-electron chi connectivity index (χ4n) is 7.41. The molecule has 0 aliphatic rings. The molecule has 44 heavy (non-hydrogen) atoms. The quantitative estimate of drug-likeness (QED) is 0.155. The lowest BCUT2D eigenvalue weighted by Crippen LogP contribution is -1.92. The predicted molar refractivity (Wildman–Crippen MR) is 184 cm³/mol. The zero-order valence-electron chi connectivity index (χ0n) is 23.7. The van der Waals surface area contributed by atoms with Gasteiger partial charge in [-0.05, 0) is 78.5 Å². The summed E-state index contributed by atoms with van der Waals surface area (Å²) < 4.78 is 12.6. The minimum absolute atomic E-state index is 0.858. The number of hydrogen-bond acceptors (Lipinski definition) is 2. The van der Waals surface area contributed by atoms with E-state index in [0.29, 0.717) is 0 Å². The molecule has 0 atom stereocenters. The molecule has 2 heteroatoms. The number of para-hydroxylation sites is 1. The molecule has 0 saturated carbocycles. The van der Waals surface area contributed by atoms with E-state index < -0.39 is 0 Å². The smallest absolute Gasteiger partial charge is 0.136 e. The van der Waals surface area contributed by atoms with Crippen molar-refractivity contribution in [2.24, 2.45) is 0 Å². The molecule has 0 N–H and O–H groups in total. The highest BCUT2D eigenvalue weighted by atomic mass is 16.3. The molecular weight excluding hydrogens is 536 g/mol. The van der Waals surface area contributed by atoms with Crippen LogP contribution in [-0.2, 0) is 0 Å². The van der Waals surface area contributed by atoms with Crippen LogP contribution in [0, 0.1) is 0 Å². The van der Waals surface area contributed by atoms with Gasteiger partial charge in [-0.15, -0.1) is 0 Å². The van der Waals surface area contributed by atoms with Gasteiger partial charge in [0.2, 0.25) is 0 Å². The van der Waals surface area contributed by atoms with Gasteiger partial charge in [0.05, 0.1) is 6.26 Å². The van der Waals surface area contributed by atoms with Crippen molar-refractivity contribution in [3.05, 3.63) is 146 Å². The van der Waals surface area contributed by atoms with E-state index in [0.717, 1.165) is 38.5 Å². The second-order valence-corrected chi connectivity index (χ2v) is 11.6. The Morgan fingerprint density at radius 2 is 0.841 bits per heavy atom. The van der Waals surface area contributed by atoms with Crippen LogP contribution in [-0.4, -0.2) is 0 Å². The summed E-state index contributed by atoms with van der Waals surface area (Å²) >= 11 is 0. The van der Waals surface area contributed by atoms with E-state index in [4.69, 9.17) is 8.83 Å². The Hall–Kier alpha value is -5.86. The lowest BCUT2D eigenvalue weighted by Gasteiger charge is -2.19. The molecule has 0 aliphatic heterocycles. The second-order valence-electron chi connectivity index (χ2n) is 11.6. The maximum absolute atomic E-state index is 6.31. The Labute approximate surface area is 252 Å². The van der Waals surface area contributed by atoms with Gasteiger partial charge in [-0.3, -0.25) is 0 Å². The summed E-state index contributed by atoms with van der Waals surface area (Å²) in [6, 6.07) is 50.0. The molecule has 10 rings (SSSR count). The van der Waals surface area contributed by atoms with E-state index in [9.17, 15) is 0 Å². The molecule has 0 fully saturated rings. The van der Waals surface area contributed by atoms with Gasteiger partial charge in [0, 0.05) is 27.3 Å². The van der Waals surface area contributed by atoms with Crippen molar-refractivity contribution in [3.63, 3.8) is 0 Å².